The molecule has 0 saturated carbocycles. The molecule has 0 bridgehead atoms. The van der Waals surface area contributed by atoms with Crippen molar-refractivity contribution in [2.75, 3.05) is 7.05 Å². The van der Waals surface area contributed by atoms with Crippen LogP contribution >= 0.6 is 11.8 Å². The third-order valence-corrected chi connectivity index (χ3v) is 6.80. The monoisotopic (exact) mass is 447 g/mol. The van der Waals surface area contributed by atoms with E-state index < -0.39 is 0 Å². The van der Waals surface area contributed by atoms with Crippen molar-refractivity contribution in [1.82, 2.24) is 9.47 Å². The number of aromatic nitrogens is 1. The van der Waals surface area contributed by atoms with Gasteiger partial charge in [-0.05, 0) is 92.1 Å². The zero-order valence-corrected chi connectivity index (χ0v) is 19.8. The van der Waals surface area contributed by atoms with Crippen molar-refractivity contribution in [3.8, 4) is 5.69 Å². The fraction of sp³-hybridized carbons (Fsp3) is 0.231. The Bertz CT molecular complexity index is 1250. The van der Waals surface area contributed by atoms with Crippen LogP contribution in [0.25, 0.3) is 11.8 Å². The third-order valence-electron chi connectivity index (χ3n) is 5.74. The van der Waals surface area contributed by atoms with Crippen LogP contribution in [0.3, 0.4) is 0 Å². The molecule has 1 aromatic heterocycles. The molecular formula is C26H26FN3OS. The molecule has 0 N–H and O–H groups in total. The molecule has 0 unspecified atom stereocenters. The van der Waals surface area contributed by atoms with Gasteiger partial charge in [0.2, 0.25) is 0 Å². The van der Waals surface area contributed by atoms with E-state index in [1.807, 2.05) is 6.08 Å². The summed E-state index contributed by atoms with van der Waals surface area (Å²) in [6.45, 7) is 8.49. The van der Waals surface area contributed by atoms with Crippen LogP contribution in [0.15, 0.2) is 58.4 Å². The minimum atomic E-state index is -0.312. The number of aryl methyl sites for hydroxylation is 3. The Morgan fingerprint density at radius 1 is 1.09 bits per heavy atom. The van der Waals surface area contributed by atoms with Gasteiger partial charge in [0.15, 0.2) is 5.17 Å². The summed E-state index contributed by atoms with van der Waals surface area (Å²) in [5.74, 6) is -0.404. The number of likely N-dealkylation sites (N-methyl/N-ethyl adjacent to an activating group) is 1. The van der Waals surface area contributed by atoms with Crippen molar-refractivity contribution in [3.63, 3.8) is 0 Å². The number of hydrogen-bond acceptors (Lipinski definition) is 3. The first-order chi connectivity index (χ1) is 15.3. The SMILES string of the molecule is CCc1cccc(C)c1-n1c(C)cc(/C=C2\SC(=Nc3ccc(F)cc3)N(C)C2=O)c1C. The number of rotatable bonds is 4. The van der Waals surface area contributed by atoms with Gasteiger partial charge in [-0.3, -0.25) is 9.69 Å². The van der Waals surface area contributed by atoms with Crippen LogP contribution in [0.5, 0.6) is 0 Å². The van der Waals surface area contributed by atoms with Crippen LogP contribution in [-0.2, 0) is 11.2 Å². The summed E-state index contributed by atoms with van der Waals surface area (Å²) in [4.78, 5) is 19.6. The van der Waals surface area contributed by atoms with Gasteiger partial charge in [-0.2, -0.15) is 0 Å². The van der Waals surface area contributed by atoms with Gasteiger partial charge in [0.1, 0.15) is 5.82 Å². The summed E-state index contributed by atoms with van der Waals surface area (Å²) >= 11 is 1.34. The van der Waals surface area contributed by atoms with Crippen molar-refractivity contribution in [2.24, 2.45) is 4.99 Å². The average Bonchev–Trinajstić information content (AvgIpc) is 3.19. The van der Waals surface area contributed by atoms with E-state index in [4.69, 9.17) is 0 Å². The summed E-state index contributed by atoms with van der Waals surface area (Å²) in [6, 6.07) is 14.5. The van der Waals surface area contributed by atoms with E-state index in [1.165, 1.54) is 45.6 Å². The highest BCUT2D eigenvalue weighted by Crippen LogP contribution is 2.35. The molecule has 6 heteroatoms. The van der Waals surface area contributed by atoms with E-state index in [2.05, 4.69) is 61.5 Å². The quantitative estimate of drug-likeness (QED) is 0.438. The second-order valence-electron chi connectivity index (χ2n) is 7.94. The molecule has 4 nitrogen and oxygen atoms in total. The maximum Gasteiger partial charge on any atom is 0.266 e. The normalized spacial score (nSPS) is 16.6. The van der Waals surface area contributed by atoms with E-state index in [9.17, 15) is 9.18 Å². The zero-order valence-electron chi connectivity index (χ0n) is 18.9. The number of amides is 1. The minimum absolute atomic E-state index is 0.0918. The largest absolute Gasteiger partial charge is 0.317 e. The molecule has 1 aliphatic rings. The number of carbonyl (C=O) groups is 1. The van der Waals surface area contributed by atoms with Gasteiger partial charge in [-0.1, -0.05) is 25.1 Å². The number of nitrogens with zero attached hydrogens (tertiary/aromatic N) is 3. The van der Waals surface area contributed by atoms with Crippen molar-refractivity contribution in [2.45, 2.75) is 34.1 Å². The lowest BCUT2D eigenvalue weighted by atomic mass is 10.1. The maximum absolute atomic E-state index is 13.2. The Hall–Kier alpha value is -3.12. The van der Waals surface area contributed by atoms with Crippen LogP contribution in [0, 0.1) is 26.6 Å². The molecule has 1 aliphatic heterocycles. The highest BCUT2D eigenvalue weighted by atomic mass is 32.2. The summed E-state index contributed by atoms with van der Waals surface area (Å²) in [6.07, 6.45) is 2.90. The van der Waals surface area contributed by atoms with Crippen molar-refractivity contribution in [1.29, 1.82) is 0 Å². The number of halogens is 1. The van der Waals surface area contributed by atoms with Crippen LogP contribution < -0.4 is 0 Å². The standard InChI is InChI=1S/C26H26FN3OS/c1-6-19-9-7-8-16(2)24(19)30-17(3)14-20(18(30)4)15-23-25(31)29(5)26(32-23)28-22-12-10-21(27)11-13-22/h7-15H,6H2,1-5H3/b23-15-,28-26?. The second kappa shape index (κ2) is 8.79. The second-order valence-corrected chi connectivity index (χ2v) is 8.95. The Morgan fingerprint density at radius 3 is 2.50 bits per heavy atom. The van der Waals surface area contributed by atoms with Crippen LogP contribution in [0.4, 0.5) is 10.1 Å². The van der Waals surface area contributed by atoms with E-state index in [0.717, 1.165) is 23.4 Å². The third kappa shape index (κ3) is 4.02. The van der Waals surface area contributed by atoms with Gasteiger partial charge in [0, 0.05) is 18.4 Å². The summed E-state index contributed by atoms with van der Waals surface area (Å²) in [5, 5.41) is 0.578. The summed E-state index contributed by atoms with van der Waals surface area (Å²) < 4.78 is 15.5. The molecule has 0 atom stereocenters. The fourth-order valence-corrected chi connectivity index (χ4v) is 5.00. The minimum Gasteiger partial charge on any atom is -0.317 e. The molecule has 1 amide bonds. The van der Waals surface area contributed by atoms with E-state index in [1.54, 1.807) is 19.2 Å². The topological polar surface area (TPSA) is 37.6 Å². The average molecular weight is 448 g/mol. The van der Waals surface area contributed by atoms with Gasteiger partial charge in [-0.15, -0.1) is 0 Å². The molecule has 0 spiro atoms. The Balaban J connectivity index is 1.72. The Morgan fingerprint density at radius 2 is 1.81 bits per heavy atom. The fourth-order valence-electron chi connectivity index (χ4n) is 4.02. The molecule has 0 aliphatic carbocycles. The van der Waals surface area contributed by atoms with E-state index in [-0.39, 0.29) is 11.7 Å². The van der Waals surface area contributed by atoms with Crippen LogP contribution in [0.2, 0.25) is 0 Å². The predicted octanol–water partition coefficient (Wildman–Crippen LogP) is 6.34. The van der Waals surface area contributed by atoms with Gasteiger partial charge < -0.3 is 4.57 Å². The van der Waals surface area contributed by atoms with Gasteiger partial charge >= 0.3 is 0 Å². The smallest absolute Gasteiger partial charge is 0.266 e. The molecule has 32 heavy (non-hydrogen) atoms. The van der Waals surface area contributed by atoms with Crippen LogP contribution in [-0.4, -0.2) is 27.6 Å². The molecule has 4 rings (SSSR count). The number of thioether (sulfide) groups is 1. The van der Waals surface area contributed by atoms with E-state index >= 15 is 0 Å². The first-order valence-electron chi connectivity index (χ1n) is 10.6. The van der Waals surface area contributed by atoms with Crippen molar-refractivity contribution >= 4 is 34.6 Å². The maximum atomic E-state index is 13.2. The number of benzene rings is 2. The van der Waals surface area contributed by atoms with Gasteiger partial charge in [-0.25, -0.2) is 9.38 Å². The molecule has 3 aromatic rings. The molecular weight excluding hydrogens is 421 g/mol. The first kappa shape index (κ1) is 22.1. The lowest BCUT2D eigenvalue weighted by Gasteiger charge is -2.17. The Kier molecular flexibility index (Phi) is 6.07. The molecule has 1 fully saturated rings. The van der Waals surface area contributed by atoms with Crippen molar-refractivity contribution in [3.05, 3.63) is 87.3 Å². The highest BCUT2D eigenvalue weighted by molar-refractivity contribution is 8.18. The zero-order chi connectivity index (χ0) is 23.0. The van der Waals surface area contributed by atoms with Crippen LogP contribution in [0.1, 0.15) is 35.0 Å². The molecule has 164 valence electrons. The first-order valence-corrected chi connectivity index (χ1v) is 11.4. The number of carbonyl (C=O) groups excluding carboxylic acids is 1. The van der Waals surface area contributed by atoms with Gasteiger partial charge in [0.05, 0.1) is 16.3 Å². The number of amidine groups is 1. The molecule has 1 saturated heterocycles. The number of aliphatic imine (C=N–C) groups is 1. The summed E-state index contributed by atoms with van der Waals surface area (Å²) in [5.41, 5.74) is 7.59. The van der Waals surface area contributed by atoms with Crippen molar-refractivity contribution < 1.29 is 9.18 Å². The highest BCUT2D eigenvalue weighted by Gasteiger charge is 2.30. The lowest BCUT2D eigenvalue weighted by molar-refractivity contribution is -0.121. The molecule has 2 heterocycles. The van der Waals surface area contributed by atoms with Gasteiger partial charge in [0.25, 0.3) is 5.91 Å². The number of para-hydroxylation sites is 1. The summed E-state index contributed by atoms with van der Waals surface area (Å²) in [7, 11) is 1.71. The molecule has 2 aromatic carbocycles. The predicted molar refractivity (Wildman–Crippen MR) is 131 cm³/mol. The Labute approximate surface area is 192 Å². The molecule has 0 radical (unpaired) electrons. The van der Waals surface area contributed by atoms with E-state index in [0.29, 0.717) is 15.8 Å². The number of hydrogen-bond donors (Lipinski definition) is 0. The lowest BCUT2D eigenvalue weighted by Crippen LogP contribution is -2.23.